The molecule has 0 saturated heterocycles. The molecule has 0 amide bonds. The maximum atomic E-state index is 12.1. The van der Waals surface area contributed by atoms with E-state index >= 15 is 0 Å². The fourth-order valence-corrected chi connectivity index (χ4v) is 3.34. The summed E-state index contributed by atoms with van der Waals surface area (Å²) in [6, 6.07) is 8.30. The summed E-state index contributed by atoms with van der Waals surface area (Å²) in [5.41, 5.74) is 0.778. The van der Waals surface area contributed by atoms with Gasteiger partial charge in [0.15, 0.2) is 17.9 Å². The molecule has 126 valence electrons. The SMILES string of the molecule is CCN=C1NC(C=O)(S(=O)(=O)O)N(c2ccccc2)c2nc[nH]c21. The van der Waals surface area contributed by atoms with Crippen LogP contribution in [0.15, 0.2) is 41.7 Å². The van der Waals surface area contributed by atoms with Crippen LogP contribution in [-0.4, -0.2) is 46.6 Å². The minimum atomic E-state index is -4.89. The van der Waals surface area contributed by atoms with E-state index in [9.17, 15) is 17.8 Å². The Morgan fingerprint density at radius 1 is 1.38 bits per heavy atom. The van der Waals surface area contributed by atoms with Crippen LogP contribution < -0.4 is 10.2 Å². The van der Waals surface area contributed by atoms with Gasteiger partial charge in [-0.25, -0.2) is 4.98 Å². The zero-order valence-electron chi connectivity index (χ0n) is 12.7. The summed E-state index contributed by atoms with van der Waals surface area (Å²) < 4.78 is 34.1. The van der Waals surface area contributed by atoms with E-state index in [4.69, 9.17) is 0 Å². The normalized spacial score (nSPS) is 22.1. The molecule has 0 aliphatic carbocycles. The minimum absolute atomic E-state index is 0.123. The predicted molar refractivity (Wildman–Crippen MR) is 87.7 cm³/mol. The smallest absolute Gasteiger partial charge is 0.316 e. The average molecular weight is 349 g/mol. The summed E-state index contributed by atoms with van der Waals surface area (Å²) in [6.07, 6.45) is 1.48. The van der Waals surface area contributed by atoms with E-state index in [1.165, 1.54) is 6.33 Å². The summed E-state index contributed by atoms with van der Waals surface area (Å²) in [5, 5.41) is 2.55. The molecule has 1 aromatic carbocycles. The van der Waals surface area contributed by atoms with Gasteiger partial charge in [0.25, 0.3) is 0 Å². The molecule has 2 heterocycles. The van der Waals surface area contributed by atoms with Crippen molar-refractivity contribution in [2.45, 2.75) is 11.9 Å². The predicted octanol–water partition coefficient (Wildman–Crippen LogP) is 0.658. The zero-order valence-corrected chi connectivity index (χ0v) is 13.5. The highest BCUT2D eigenvalue weighted by atomic mass is 32.2. The van der Waals surface area contributed by atoms with Crippen LogP contribution in [-0.2, 0) is 14.9 Å². The molecule has 10 heteroatoms. The van der Waals surface area contributed by atoms with Crippen LogP contribution in [0.25, 0.3) is 0 Å². The van der Waals surface area contributed by atoms with Crippen LogP contribution in [0.3, 0.4) is 0 Å². The number of hydrogen-bond acceptors (Lipinski definition) is 6. The lowest BCUT2D eigenvalue weighted by Gasteiger charge is -2.42. The van der Waals surface area contributed by atoms with Gasteiger partial charge in [-0.1, -0.05) is 18.2 Å². The van der Waals surface area contributed by atoms with Gasteiger partial charge in [0.1, 0.15) is 5.69 Å². The van der Waals surface area contributed by atoms with Gasteiger partial charge in [0.2, 0.25) is 0 Å². The van der Waals surface area contributed by atoms with Gasteiger partial charge in [-0.2, -0.15) is 8.42 Å². The largest absolute Gasteiger partial charge is 0.340 e. The van der Waals surface area contributed by atoms with E-state index in [0.29, 0.717) is 17.9 Å². The van der Waals surface area contributed by atoms with Gasteiger partial charge < -0.3 is 10.3 Å². The monoisotopic (exact) mass is 349 g/mol. The van der Waals surface area contributed by atoms with Gasteiger partial charge in [0, 0.05) is 12.2 Å². The highest BCUT2D eigenvalue weighted by Gasteiger charge is 2.55. The van der Waals surface area contributed by atoms with Crippen molar-refractivity contribution in [3.8, 4) is 0 Å². The molecule has 0 radical (unpaired) electrons. The number of aldehydes is 1. The van der Waals surface area contributed by atoms with E-state index in [1.54, 1.807) is 37.3 Å². The summed E-state index contributed by atoms with van der Waals surface area (Å²) in [5.74, 6) is 0.291. The zero-order chi connectivity index (χ0) is 17.4. The molecule has 3 rings (SSSR count). The molecule has 1 aliphatic heterocycles. The van der Waals surface area contributed by atoms with Gasteiger partial charge in [-0.3, -0.25) is 19.2 Å². The van der Waals surface area contributed by atoms with Crippen molar-refractivity contribution in [1.29, 1.82) is 0 Å². The molecule has 3 N–H and O–H groups in total. The van der Waals surface area contributed by atoms with E-state index < -0.39 is 15.1 Å². The first-order valence-electron chi connectivity index (χ1n) is 7.09. The van der Waals surface area contributed by atoms with Gasteiger partial charge in [-0.15, -0.1) is 0 Å². The number of aromatic amines is 1. The summed E-state index contributed by atoms with van der Waals surface area (Å²) in [6.45, 7) is 2.09. The van der Waals surface area contributed by atoms with Crippen LogP contribution in [0.5, 0.6) is 0 Å². The number of aliphatic imine (C=N–C) groups is 1. The van der Waals surface area contributed by atoms with Crippen LogP contribution >= 0.6 is 0 Å². The molecule has 1 aliphatic rings. The fraction of sp³-hybridized carbons (Fsp3) is 0.214. The second-order valence-electron chi connectivity index (χ2n) is 5.01. The Bertz CT molecular complexity index is 893. The third-order valence-electron chi connectivity index (χ3n) is 3.58. The molecule has 9 nitrogen and oxygen atoms in total. The number of nitrogens with zero attached hydrogens (tertiary/aromatic N) is 3. The highest BCUT2D eigenvalue weighted by Crippen LogP contribution is 2.37. The van der Waals surface area contributed by atoms with Gasteiger partial charge in [0.05, 0.1) is 6.33 Å². The molecule has 1 unspecified atom stereocenters. The van der Waals surface area contributed by atoms with Crippen molar-refractivity contribution in [3.05, 3.63) is 42.4 Å². The minimum Gasteiger partial charge on any atom is -0.340 e. The lowest BCUT2D eigenvalue weighted by atomic mass is 10.2. The molecule has 0 saturated carbocycles. The van der Waals surface area contributed by atoms with E-state index in [1.807, 2.05) is 0 Å². The molecule has 0 spiro atoms. The van der Waals surface area contributed by atoms with Crippen molar-refractivity contribution < 1.29 is 17.8 Å². The number of hydrogen-bond donors (Lipinski definition) is 3. The Kier molecular flexibility index (Phi) is 3.85. The number of fused-ring (bicyclic) bond motifs is 1. The van der Waals surface area contributed by atoms with Crippen molar-refractivity contribution in [1.82, 2.24) is 15.3 Å². The number of benzene rings is 1. The molecular weight excluding hydrogens is 334 g/mol. The quantitative estimate of drug-likeness (QED) is 0.546. The first-order valence-corrected chi connectivity index (χ1v) is 8.53. The fourth-order valence-electron chi connectivity index (χ4n) is 2.57. The van der Waals surface area contributed by atoms with Crippen LogP contribution in [0.2, 0.25) is 0 Å². The molecule has 0 fully saturated rings. The molecule has 0 bridgehead atoms. The third-order valence-corrected chi connectivity index (χ3v) is 4.75. The van der Waals surface area contributed by atoms with E-state index in [-0.39, 0.29) is 17.9 Å². The summed E-state index contributed by atoms with van der Waals surface area (Å²) in [7, 11) is -4.89. The standard InChI is InChI=1S/C14H15N5O4S/c1-2-15-12-11-13(17-9-16-11)19(10-6-4-3-5-7-10)14(8-20,18-12)24(21,22)23/h3-9H,2H2,1H3,(H,15,18)(H,16,17)(H,21,22,23). The molecule has 2 aromatic rings. The average Bonchev–Trinajstić information content (AvgIpc) is 3.03. The first kappa shape index (κ1) is 16.1. The Hall–Kier alpha value is -2.72. The number of H-pyrrole nitrogens is 1. The van der Waals surface area contributed by atoms with Crippen molar-refractivity contribution >= 4 is 33.7 Å². The lowest BCUT2D eigenvalue weighted by Crippen LogP contribution is -2.68. The molecule has 24 heavy (non-hydrogen) atoms. The first-order chi connectivity index (χ1) is 11.4. The number of amidine groups is 1. The maximum Gasteiger partial charge on any atom is 0.316 e. The van der Waals surface area contributed by atoms with Gasteiger partial charge >= 0.3 is 15.1 Å². The van der Waals surface area contributed by atoms with E-state index in [2.05, 4.69) is 20.3 Å². The van der Waals surface area contributed by atoms with Crippen molar-refractivity contribution in [3.63, 3.8) is 0 Å². The van der Waals surface area contributed by atoms with Gasteiger partial charge in [-0.05, 0) is 19.1 Å². The Labute approximate surface area is 138 Å². The Balaban J connectivity index is 2.35. The number of para-hydroxylation sites is 1. The summed E-state index contributed by atoms with van der Waals surface area (Å²) in [4.78, 5) is 21.7. The number of rotatable bonds is 4. The van der Waals surface area contributed by atoms with Crippen LogP contribution in [0.4, 0.5) is 11.5 Å². The number of nitrogens with one attached hydrogen (secondary N) is 2. The number of aromatic nitrogens is 2. The number of imidazole rings is 1. The van der Waals surface area contributed by atoms with E-state index in [0.717, 1.165) is 4.90 Å². The molecular formula is C14H15N5O4S. The topological polar surface area (TPSA) is 128 Å². The number of carbonyl (C=O) groups is 1. The van der Waals surface area contributed by atoms with Crippen LogP contribution in [0, 0.1) is 0 Å². The second kappa shape index (κ2) is 5.73. The third kappa shape index (κ3) is 2.27. The summed E-state index contributed by atoms with van der Waals surface area (Å²) >= 11 is 0. The lowest BCUT2D eigenvalue weighted by molar-refractivity contribution is -0.110. The Morgan fingerprint density at radius 2 is 2.08 bits per heavy atom. The molecule has 1 atom stereocenters. The Morgan fingerprint density at radius 3 is 2.67 bits per heavy atom. The maximum absolute atomic E-state index is 12.1. The highest BCUT2D eigenvalue weighted by molar-refractivity contribution is 7.88. The van der Waals surface area contributed by atoms with Crippen LogP contribution in [0.1, 0.15) is 12.6 Å². The molecule has 1 aromatic heterocycles. The number of carbonyl (C=O) groups excluding carboxylic acids is 1. The number of anilines is 2. The van der Waals surface area contributed by atoms with Crippen molar-refractivity contribution in [2.75, 3.05) is 11.4 Å². The van der Waals surface area contributed by atoms with Crippen molar-refractivity contribution in [2.24, 2.45) is 4.99 Å². The second-order valence-corrected chi connectivity index (χ2v) is 6.58.